The van der Waals surface area contributed by atoms with Crippen molar-refractivity contribution in [2.75, 3.05) is 12.4 Å². The molecule has 0 fully saturated rings. The van der Waals surface area contributed by atoms with Gasteiger partial charge in [-0.25, -0.2) is 14.4 Å². The molecule has 3 heterocycles. The van der Waals surface area contributed by atoms with Crippen LogP contribution >= 0.6 is 0 Å². The van der Waals surface area contributed by atoms with Gasteiger partial charge in [-0.3, -0.25) is 4.79 Å². The Kier molecular flexibility index (Phi) is 4.75. The highest BCUT2D eigenvalue weighted by atomic mass is 19.1. The first-order valence-corrected chi connectivity index (χ1v) is 9.07. The Bertz CT molecular complexity index is 1230. The van der Waals surface area contributed by atoms with Gasteiger partial charge in [0.05, 0.1) is 25.0 Å². The lowest BCUT2D eigenvalue weighted by molar-refractivity contribution is 0.414. The van der Waals surface area contributed by atoms with Gasteiger partial charge in [0.1, 0.15) is 17.2 Å². The van der Waals surface area contributed by atoms with Crippen LogP contribution in [0.2, 0.25) is 0 Å². The summed E-state index contributed by atoms with van der Waals surface area (Å²) in [4.78, 5) is 24.2. The van der Waals surface area contributed by atoms with Crippen LogP contribution in [0.4, 0.5) is 10.2 Å². The van der Waals surface area contributed by atoms with Gasteiger partial charge in [-0.1, -0.05) is 12.1 Å². The van der Waals surface area contributed by atoms with Crippen molar-refractivity contribution in [3.05, 3.63) is 70.7 Å². The third-order valence-corrected chi connectivity index (χ3v) is 4.81. The van der Waals surface area contributed by atoms with Crippen LogP contribution in [0, 0.1) is 5.82 Å². The molecule has 1 atom stereocenters. The fourth-order valence-corrected chi connectivity index (χ4v) is 3.20. The lowest BCUT2D eigenvalue weighted by Gasteiger charge is -2.16. The van der Waals surface area contributed by atoms with E-state index in [1.807, 2.05) is 31.2 Å². The number of rotatable bonds is 5. The standard InChI is InChI=1S/C21H20FN5O2/c1-12(13-4-6-15(29-3)7-5-13)25-20-21(28)27(2)11-18(26-20)17-10-24-19-16(17)8-14(22)9-23-19/h4-12H,1-3H3,(H,23,24)(H,25,26)/t12-/m0/s1. The highest BCUT2D eigenvalue weighted by molar-refractivity contribution is 5.92. The number of hydrogen-bond donors (Lipinski definition) is 2. The molecular formula is C21H20FN5O2. The van der Waals surface area contributed by atoms with Gasteiger partial charge in [0, 0.05) is 30.4 Å². The summed E-state index contributed by atoms with van der Waals surface area (Å²) in [5, 5.41) is 3.78. The fraction of sp³-hybridized carbons (Fsp3) is 0.190. The first-order chi connectivity index (χ1) is 14.0. The van der Waals surface area contributed by atoms with Crippen LogP contribution in [0.3, 0.4) is 0 Å². The minimum Gasteiger partial charge on any atom is -0.497 e. The second kappa shape index (κ2) is 7.38. The van der Waals surface area contributed by atoms with Gasteiger partial charge in [-0.2, -0.15) is 0 Å². The van der Waals surface area contributed by atoms with E-state index >= 15 is 0 Å². The van der Waals surface area contributed by atoms with E-state index in [1.54, 1.807) is 26.6 Å². The Hall–Kier alpha value is -3.68. The van der Waals surface area contributed by atoms with E-state index in [-0.39, 0.29) is 17.4 Å². The second-order valence-electron chi connectivity index (χ2n) is 6.78. The van der Waals surface area contributed by atoms with Crippen molar-refractivity contribution in [2.45, 2.75) is 13.0 Å². The molecule has 0 saturated heterocycles. The Morgan fingerprint density at radius 2 is 2.03 bits per heavy atom. The van der Waals surface area contributed by atoms with Crippen molar-refractivity contribution in [1.29, 1.82) is 0 Å². The fourth-order valence-electron chi connectivity index (χ4n) is 3.20. The first-order valence-electron chi connectivity index (χ1n) is 9.07. The van der Waals surface area contributed by atoms with Gasteiger partial charge in [-0.15, -0.1) is 0 Å². The van der Waals surface area contributed by atoms with Crippen LogP contribution in [0.15, 0.2) is 53.7 Å². The van der Waals surface area contributed by atoms with E-state index in [1.165, 1.54) is 10.6 Å². The molecule has 0 bridgehead atoms. The zero-order valence-corrected chi connectivity index (χ0v) is 16.2. The van der Waals surface area contributed by atoms with Gasteiger partial charge in [0.25, 0.3) is 5.56 Å². The zero-order valence-electron chi connectivity index (χ0n) is 16.2. The number of halogens is 1. The third-order valence-electron chi connectivity index (χ3n) is 4.81. The second-order valence-corrected chi connectivity index (χ2v) is 6.78. The highest BCUT2D eigenvalue weighted by Gasteiger charge is 2.15. The molecule has 29 heavy (non-hydrogen) atoms. The largest absolute Gasteiger partial charge is 0.497 e. The normalized spacial score (nSPS) is 12.1. The number of H-pyrrole nitrogens is 1. The number of aromatic amines is 1. The monoisotopic (exact) mass is 393 g/mol. The number of benzene rings is 1. The molecule has 0 unspecified atom stereocenters. The van der Waals surface area contributed by atoms with Crippen molar-refractivity contribution >= 4 is 16.9 Å². The summed E-state index contributed by atoms with van der Waals surface area (Å²) in [5.74, 6) is 0.541. The summed E-state index contributed by atoms with van der Waals surface area (Å²) < 4.78 is 20.3. The third kappa shape index (κ3) is 3.56. The predicted octanol–water partition coefficient (Wildman–Crippen LogP) is 3.64. The SMILES string of the molecule is COc1ccc([C@H](C)Nc2nc(-c3c[nH]c4ncc(F)cc34)cn(C)c2=O)cc1. The maximum atomic E-state index is 13.7. The summed E-state index contributed by atoms with van der Waals surface area (Å²) in [6.45, 7) is 1.95. The zero-order chi connectivity index (χ0) is 20.5. The molecular weight excluding hydrogens is 373 g/mol. The van der Waals surface area contributed by atoms with Crippen molar-refractivity contribution in [2.24, 2.45) is 7.05 Å². The summed E-state index contributed by atoms with van der Waals surface area (Å²) in [6.07, 6.45) is 4.49. The van der Waals surface area contributed by atoms with E-state index in [9.17, 15) is 9.18 Å². The molecule has 0 spiro atoms. The van der Waals surface area contributed by atoms with Crippen molar-refractivity contribution in [1.82, 2.24) is 19.5 Å². The number of aryl methyl sites for hydroxylation is 1. The minimum absolute atomic E-state index is 0.154. The predicted molar refractivity (Wildman–Crippen MR) is 110 cm³/mol. The number of aromatic nitrogens is 4. The molecule has 4 rings (SSSR count). The smallest absolute Gasteiger partial charge is 0.293 e. The average Bonchev–Trinajstić information content (AvgIpc) is 3.14. The number of anilines is 1. The molecule has 2 N–H and O–H groups in total. The maximum absolute atomic E-state index is 13.7. The number of nitrogens with one attached hydrogen (secondary N) is 2. The molecule has 148 valence electrons. The summed E-state index contributed by atoms with van der Waals surface area (Å²) in [7, 11) is 3.27. The summed E-state index contributed by atoms with van der Waals surface area (Å²) in [6, 6.07) is 8.83. The Morgan fingerprint density at radius 1 is 1.28 bits per heavy atom. The molecule has 7 nitrogen and oxygen atoms in total. The average molecular weight is 393 g/mol. The topological polar surface area (TPSA) is 84.8 Å². The highest BCUT2D eigenvalue weighted by Crippen LogP contribution is 2.27. The quantitative estimate of drug-likeness (QED) is 0.541. The minimum atomic E-state index is -0.436. The maximum Gasteiger partial charge on any atom is 0.293 e. The first kappa shape index (κ1) is 18.7. The van der Waals surface area contributed by atoms with Gasteiger partial charge in [-0.05, 0) is 30.7 Å². The van der Waals surface area contributed by atoms with Gasteiger partial charge in [0.15, 0.2) is 5.82 Å². The van der Waals surface area contributed by atoms with E-state index in [2.05, 4.69) is 20.3 Å². The molecule has 0 amide bonds. The number of pyridine rings is 1. The number of nitrogens with zero attached hydrogens (tertiary/aromatic N) is 3. The van der Waals surface area contributed by atoms with Crippen LogP contribution in [0.25, 0.3) is 22.3 Å². The van der Waals surface area contributed by atoms with Gasteiger partial charge < -0.3 is 19.6 Å². The molecule has 4 aromatic rings. The number of hydrogen-bond acceptors (Lipinski definition) is 5. The summed E-state index contributed by atoms with van der Waals surface area (Å²) in [5.41, 5.74) is 2.49. The number of ether oxygens (including phenoxy) is 1. The molecule has 1 aromatic carbocycles. The molecule has 0 aliphatic rings. The molecule has 0 radical (unpaired) electrons. The van der Waals surface area contributed by atoms with Crippen LogP contribution in [-0.4, -0.2) is 26.6 Å². The molecule has 0 saturated carbocycles. The number of methoxy groups -OCH3 is 1. The van der Waals surface area contributed by atoms with Gasteiger partial charge in [0.2, 0.25) is 0 Å². The lowest BCUT2D eigenvalue weighted by atomic mass is 10.1. The van der Waals surface area contributed by atoms with Crippen LogP contribution in [0.5, 0.6) is 5.75 Å². The van der Waals surface area contributed by atoms with Crippen molar-refractivity contribution in [3.8, 4) is 17.0 Å². The Morgan fingerprint density at radius 3 is 2.76 bits per heavy atom. The van der Waals surface area contributed by atoms with E-state index in [4.69, 9.17) is 4.74 Å². The molecule has 3 aromatic heterocycles. The van der Waals surface area contributed by atoms with Crippen molar-refractivity contribution < 1.29 is 9.13 Å². The van der Waals surface area contributed by atoms with Gasteiger partial charge >= 0.3 is 0 Å². The molecule has 0 aliphatic heterocycles. The van der Waals surface area contributed by atoms with E-state index < -0.39 is 5.82 Å². The number of fused-ring (bicyclic) bond motifs is 1. The van der Waals surface area contributed by atoms with E-state index in [0.717, 1.165) is 17.5 Å². The van der Waals surface area contributed by atoms with Crippen LogP contribution in [-0.2, 0) is 7.05 Å². The van der Waals surface area contributed by atoms with E-state index in [0.29, 0.717) is 22.3 Å². The molecule has 0 aliphatic carbocycles. The Labute approximate surface area is 166 Å². The Balaban J connectivity index is 1.71. The van der Waals surface area contributed by atoms with Crippen LogP contribution in [0.1, 0.15) is 18.5 Å². The molecule has 8 heteroatoms. The van der Waals surface area contributed by atoms with Crippen LogP contribution < -0.4 is 15.6 Å². The van der Waals surface area contributed by atoms with Crippen molar-refractivity contribution in [3.63, 3.8) is 0 Å². The summed E-state index contributed by atoms with van der Waals surface area (Å²) >= 11 is 0. The lowest BCUT2D eigenvalue weighted by Crippen LogP contribution is -2.24.